The summed E-state index contributed by atoms with van der Waals surface area (Å²) in [6, 6.07) is 15.5. The molecule has 0 bridgehead atoms. The molecule has 0 N–H and O–H groups in total. The number of hydrogen-bond acceptors (Lipinski definition) is 5. The largest absolute Gasteiger partial charge is 0.514 e. The molecule has 5 heteroatoms. The molecular formula is C23H28O5. The van der Waals surface area contributed by atoms with Crippen LogP contribution in [-0.2, 0) is 9.47 Å². The molecule has 1 heterocycles. The van der Waals surface area contributed by atoms with Crippen LogP contribution in [0, 0.1) is 0 Å². The standard InChI is InChI=1S/C23H28O5/c1-15-13-21(25-16(2)17-9-7-6-8-10-17)27-20-14-18(11-12-19(15)20)26-22(24)28-23(3,4)5/h6-12,14-16,21H,13H2,1-5H3/t15-,16-,21-/m0/s1. The highest BCUT2D eigenvalue weighted by atomic mass is 16.7. The third-order valence-electron chi connectivity index (χ3n) is 4.54. The molecule has 2 aromatic carbocycles. The maximum atomic E-state index is 11.9. The molecule has 0 unspecified atom stereocenters. The zero-order valence-corrected chi connectivity index (χ0v) is 17.1. The van der Waals surface area contributed by atoms with Crippen LogP contribution in [0.5, 0.6) is 11.5 Å². The Kier molecular flexibility index (Phi) is 5.94. The highest BCUT2D eigenvalue weighted by Crippen LogP contribution is 2.39. The average molecular weight is 384 g/mol. The lowest BCUT2D eigenvalue weighted by molar-refractivity contribution is -0.128. The molecule has 0 spiro atoms. The van der Waals surface area contributed by atoms with Gasteiger partial charge in [0.25, 0.3) is 0 Å². The van der Waals surface area contributed by atoms with E-state index in [2.05, 4.69) is 6.92 Å². The number of carbonyl (C=O) groups excluding carboxylic acids is 1. The Balaban J connectivity index is 1.69. The lowest BCUT2D eigenvalue weighted by Crippen LogP contribution is -2.29. The number of hydrogen-bond donors (Lipinski definition) is 0. The fourth-order valence-corrected chi connectivity index (χ4v) is 3.17. The van der Waals surface area contributed by atoms with Crippen LogP contribution in [0.1, 0.15) is 64.2 Å². The van der Waals surface area contributed by atoms with Crippen molar-refractivity contribution in [3.63, 3.8) is 0 Å². The van der Waals surface area contributed by atoms with Crippen LogP contribution in [-0.4, -0.2) is 18.0 Å². The number of ether oxygens (including phenoxy) is 4. The van der Waals surface area contributed by atoms with Crippen molar-refractivity contribution in [1.82, 2.24) is 0 Å². The van der Waals surface area contributed by atoms with Crippen LogP contribution in [0.15, 0.2) is 48.5 Å². The Morgan fingerprint density at radius 1 is 1.14 bits per heavy atom. The predicted molar refractivity (Wildman–Crippen MR) is 107 cm³/mol. The predicted octanol–water partition coefficient (Wildman–Crippen LogP) is 5.99. The molecule has 0 radical (unpaired) electrons. The van der Waals surface area contributed by atoms with E-state index in [4.69, 9.17) is 18.9 Å². The molecule has 3 atom stereocenters. The summed E-state index contributed by atoms with van der Waals surface area (Å²) in [5.74, 6) is 1.33. The quantitative estimate of drug-likeness (QED) is 0.479. The molecule has 1 aliphatic heterocycles. The molecule has 0 fully saturated rings. The van der Waals surface area contributed by atoms with Crippen LogP contribution < -0.4 is 9.47 Å². The highest BCUT2D eigenvalue weighted by molar-refractivity contribution is 5.65. The van der Waals surface area contributed by atoms with Gasteiger partial charge in [0.15, 0.2) is 0 Å². The summed E-state index contributed by atoms with van der Waals surface area (Å²) in [6.07, 6.45) is -0.423. The van der Waals surface area contributed by atoms with Gasteiger partial charge < -0.3 is 18.9 Å². The van der Waals surface area contributed by atoms with Gasteiger partial charge in [0.2, 0.25) is 6.29 Å². The van der Waals surface area contributed by atoms with Gasteiger partial charge >= 0.3 is 6.16 Å². The third kappa shape index (κ3) is 5.26. The highest BCUT2D eigenvalue weighted by Gasteiger charge is 2.28. The molecule has 0 aliphatic carbocycles. The first kappa shape index (κ1) is 20.2. The number of rotatable bonds is 4. The maximum absolute atomic E-state index is 11.9. The maximum Gasteiger partial charge on any atom is 0.514 e. The van der Waals surface area contributed by atoms with E-state index < -0.39 is 11.8 Å². The van der Waals surface area contributed by atoms with Gasteiger partial charge in [-0.05, 0) is 50.8 Å². The Labute approximate surface area is 166 Å². The van der Waals surface area contributed by atoms with Crippen molar-refractivity contribution in [2.75, 3.05) is 0 Å². The smallest absolute Gasteiger partial charge is 0.464 e. The van der Waals surface area contributed by atoms with Gasteiger partial charge in [-0.3, -0.25) is 0 Å². The molecule has 3 rings (SSSR count). The molecule has 2 aromatic rings. The van der Waals surface area contributed by atoms with Crippen molar-refractivity contribution in [3.05, 3.63) is 59.7 Å². The minimum atomic E-state index is -0.734. The van der Waals surface area contributed by atoms with E-state index in [1.807, 2.05) is 43.3 Å². The molecule has 28 heavy (non-hydrogen) atoms. The van der Waals surface area contributed by atoms with Gasteiger partial charge in [0.1, 0.15) is 17.1 Å². The van der Waals surface area contributed by atoms with Crippen LogP contribution in [0.25, 0.3) is 0 Å². The number of benzene rings is 2. The van der Waals surface area contributed by atoms with Gasteiger partial charge in [-0.25, -0.2) is 4.79 Å². The summed E-state index contributed by atoms with van der Waals surface area (Å²) in [5.41, 5.74) is 1.57. The third-order valence-corrected chi connectivity index (χ3v) is 4.54. The van der Waals surface area contributed by atoms with Crippen molar-refractivity contribution >= 4 is 6.16 Å². The Morgan fingerprint density at radius 3 is 2.54 bits per heavy atom. The van der Waals surface area contributed by atoms with Gasteiger partial charge in [0, 0.05) is 12.5 Å². The van der Waals surface area contributed by atoms with Crippen molar-refractivity contribution in [1.29, 1.82) is 0 Å². The van der Waals surface area contributed by atoms with E-state index >= 15 is 0 Å². The van der Waals surface area contributed by atoms with Crippen molar-refractivity contribution < 1.29 is 23.7 Å². The Morgan fingerprint density at radius 2 is 1.86 bits per heavy atom. The van der Waals surface area contributed by atoms with E-state index in [0.717, 1.165) is 17.5 Å². The normalized spacial score (nSPS) is 19.9. The van der Waals surface area contributed by atoms with Crippen LogP contribution >= 0.6 is 0 Å². The van der Waals surface area contributed by atoms with Crippen molar-refractivity contribution in [2.24, 2.45) is 0 Å². The molecular weight excluding hydrogens is 356 g/mol. The zero-order chi connectivity index (χ0) is 20.3. The second kappa shape index (κ2) is 8.23. The average Bonchev–Trinajstić information content (AvgIpc) is 2.60. The molecule has 0 saturated carbocycles. The molecule has 0 amide bonds. The number of carbonyl (C=O) groups is 1. The van der Waals surface area contributed by atoms with Crippen LogP contribution in [0.3, 0.4) is 0 Å². The molecule has 1 aliphatic rings. The van der Waals surface area contributed by atoms with Gasteiger partial charge in [-0.1, -0.05) is 43.3 Å². The molecule has 5 nitrogen and oxygen atoms in total. The summed E-state index contributed by atoms with van der Waals surface area (Å²) in [7, 11) is 0. The summed E-state index contributed by atoms with van der Waals surface area (Å²) in [5, 5.41) is 0. The molecule has 0 aromatic heterocycles. The second-order valence-electron chi connectivity index (χ2n) is 8.14. The van der Waals surface area contributed by atoms with Gasteiger partial charge in [-0.2, -0.15) is 0 Å². The summed E-state index contributed by atoms with van der Waals surface area (Å²) in [6.45, 7) is 9.53. The van der Waals surface area contributed by atoms with Crippen LogP contribution in [0.2, 0.25) is 0 Å². The van der Waals surface area contributed by atoms with Crippen LogP contribution in [0.4, 0.5) is 4.79 Å². The lowest BCUT2D eigenvalue weighted by Gasteiger charge is -2.32. The van der Waals surface area contributed by atoms with E-state index in [9.17, 15) is 4.79 Å². The van der Waals surface area contributed by atoms with Crippen molar-refractivity contribution in [2.45, 2.75) is 65.0 Å². The minimum absolute atomic E-state index is 0.0823. The number of fused-ring (bicyclic) bond motifs is 1. The van der Waals surface area contributed by atoms with E-state index in [1.165, 1.54) is 0 Å². The van der Waals surface area contributed by atoms with Crippen molar-refractivity contribution in [3.8, 4) is 11.5 Å². The first-order chi connectivity index (χ1) is 13.2. The van der Waals surface area contributed by atoms with E-state index in [0.29, 0.717) is 11.5 Å². The Hall–Kier alpha value is -2.53. The molecule has 150 valence electrons. The summed E-state index contributed by atoms with van der Waals surface area (Å²) >= 11 is 0. The fourth-order valence-electron chi connectivity index (χ4n) is 3.17. The first-order valence-electron chi connectivity index (χ1n) is 9.63. The second-order valence-corrected chi connectivity index (χ2v) is 8.14. The summed E-state index contributed by atoms with van der Waals surface area (Å²) in [4.78, 5) is 11.9. The van der Waals surface area contributed by atoms with Gasteiger partial charge in [-0.15, -0.1) is 0 Å². The molecule has 0 saturated heterocycles. The minimum Gasteiger partial charge on any atom is -0.464 e. The SMILES string of the molecule is C[C@H](O[C@@H]1C[C@H](C)c2ccc(OC(=O)OC(C)(C)C)cc2O1)c1ccccc1. The van der Waals surface area contributed by atoms with E-state index in [1.54, 1.807) is 32.9 Å². The first-order valence-corrected chi connectivity index (χ1v) is 9.63. The van der Waals surface area contributed by atoms with Gasteiger partial charge in [0.05, 0.1) is 6.10 Å². The van der Waals surface area contributed by atoms with E-state index in [-0.39, 0.29) is 18.3 Å². The summed E-state index contributed by atoms with van der Waals surface area (Å²) < 4.78 is 22.7. The fraction of sp³-hybridized carbons (Fsp3) is 0.435. The lowest BCUT2D eigenvalue weighted by atomic mass is 9.94. The zero-order valence-electron chi connectivity index (χ0n) is 17.1. The monoisotopic (exact) mass is 384 g/mol. The Bertz CT molecular complexity index is 809. The topological polar surface area (TPSA) is 54.0 Å².